The van der Waals surface area contributed by atoms with E-state index in [0.29, 0.717) is 23.7 Å². The van der Waals surface area contributed by atoms with Crippen LogP contribution in [0.5, 0.6) is 11.5 Å². The van der Waals surface area contributed by atoms with E-state index in [9.17, 15) is 4.79 Å². The van der Waals surface area contributed by atoms with E-state index in [1.54, 1.807) is 26.0 Å². The van der Waals surface area contributed by atoms with Crippen LogP contribution in [0.3, 0.4) is 0 Å². The fraction of sp³-hybridized carbons (Fsp3) is 0.318. The molecule has 0 saturated heterocycles. The van der Waals surface area contributed by atoms with E-state index < -0.39 is 0 Å². The Labute approximate surface area is 164 Å². The lowest BCUT2D eigenvalue weighted by Crippen LogP contribution is -2.08. The fourth-order valence-corrected chi connectivity index (χ4v) is 4.20. The quantitative estimate of drug-likeness (QED) is 0.585. The molecule has 0 amide bonds. The first-order valence-electron chi connectivity index (χ1n) is 9.07. The molecule has 0 unspecified atom stereocenters. The highest BCUT2D eigenvalue weighted by molar-refractivity contribution is 7.99. The van der Waals surface area contributed by atoms with E-state index in [4.69, 9.17) is 9.47 Å². The Bertz CT molecular complexity index is 880. The van der Waals surface area contributed by atoms with Gasteiger partial charge in [-0.05, 0) is 48.7 Å². The summed E-state index contributed by atoms with van der Waals surface area (Å²) in [5.74, 6) is 1.97. The van der Waals surface area contributed by atoms with Crippen LogP contribution < -0.4 is 9.47 Å². The Morgan fingerprint density at radius 1 is 1.15 bits per heavy atom. The van der Waals surface area contributed by atoms with Crippen molar-refractivity contribution in [1.82, 2.24) is 4.57 Å². The van der Waals surface area contributed by atoms with Crippen LogP contribution in [-0.4, -0.2) is 30.3 Å². The summed E-state index contributed by atoms with van der Waals surface area (Å²) in [5, 5.41) is 1.14. The number of thioether (sulfide) groups is 1. The average molecular weight is 384 g/mol. The first-order chi connectivity index (χ1) is 13.2. The predicted octanol–water partition coefficient (Wildman–Crippen LogP) is 4.77. The summed E-state index contributed by atoms with van der Waals surface area (Å²) in [6, 6.07) is 9.90. The van der Waals surface area contributed by atoms with Crippen LogP contribution in [0.25, 0.3) is 5.57 Å². The third kappa shape index (κ3) is 4.48. The second-order valence-electron chi connectivity index (χ2n) is 6.32. The van der Waals surface area contributed by atoms with Gasteiger partial charge in [0.1, 0.15) is 5.78 Å². The van der Waals surface area contributed by atoms with E-state index in [1.807, 2.05) is 18.2 Å². The number of hydrogen-bond acceptors (Lipinski definition) is 4. The highest BCUT2D eigenvalue weighted by Gasteiger charge is 2.14. The van der Waals surface area contributed by atoms with Crippen LogP contribution >= 0.6 is 11.8 Å². The number of carbonyl (C=O) groups excluding carboxylic acids is 1. The number of ketones is 1. The molecule has 2 aromatic rings. The molecule has 0 radical (unpaired) electrons. The lowest BCUT2D eigenvalue weighted by molar-refractivity contribution is -0.116. The summed E-state index contributed by atoms with van der Waals surface area (Å²) in [5.41, 5.74) is 3.52. The van der Waals surface area contributed by atoms with Crippen LogP contribution in [0.2, 0.25) is 0 Å². The molecule has 0 fully saturated rings. The van der Waals surface area contributed by atoms with Gasteiger partial charge in [0.05, 0.1) is 25.0 Å². The zero-order chi connectivity index (χ0) is 19.2. The number of ether oxygens (including phenoxy) is 2. The van der Waals surface area contributed by atoms with Gasteiger partial charge in [0, 0.05) is 18.7 Å². The molecule has 142 valence electrons. The zero-order valence-corrected chi connectivity index (χ0v) is 16.8. The van der Waals surface area contributed by atoms with Crippen molar-refractivity contribution < 1.29 is 14.3 Å². The van der Waals surface area contributed by atoms with Crippen molar-refractivity contribution in [3.63, 3.8) is 0 Å². The number of rotatable bonds is 9. The molecule has 0 atom stereocenters. The first-order valence-corrected chi connectivity index (χ1v) is 10.1. The maximum Gasteiger partial charge on any atom is 0.161 e. The van der Waals surface area contributed by atoms with Crippen LogP contribution in [0, 0.1) is 0 Å². The van der Waals surface area contributed by atoms with E-state index in [0.717, 1.165) is 23.6 Å². The molecule has 1 aliphatic carbocycles. The molecule has 1 aromatic carbocycles. The number of methoxy groups -OCH3 is 2. The van der Waals surface area contributed by atoms with Gasteiger partial charge in [-0.15, -0.1) is 11.8 Å². The summed E-state index contributed by atoms with van der Waals surface area (Å²) in [7, 11) is 3.21. The molecule has 1 aliphatic rings. The highest BCUT2D eigenvalue weighted by Crippen LogP contribution is 2.30. The van der Waals surface area contributed by atoms with Gasteiger partial charge in [0.25, 0.3) is 0 Å². The highest BCUT2D eigenvalue weighted by atomic mass is 32.2. The number of carbonyl (C=O) groups is 1. The molecule has 0 aliphatic heterocycles. The zero-order valence-electron chi connectivity index (χ0n) is 16.0. The number of benzene rings is 1. The second kappa shape index (κ2) is 9.00. The third-order valence-electron chi connectivity index (χ3n) is 4.59. The van der Waals surface area contributed by atoms with Crippen molar-refractivity contribution in [2.45, 2.75) is 31.3 Å². The Kier molecular flexibility index (Phi) is 6.45. The van der Waals surface area contributed by atoms with Crippen molar-refractivity contribution in [2.24, 2.45) is 0 Å². The maximum absolute atomic E-state index is 12.5. The van der Waals surface area contributed by atoms with Crippen molar-refractivity contribution in [3.05, 3.63) is 59.8 Å². The predicted molar refractivity (Wildman–Crippen MR) is 111 cm³/mol. The molecule has 0 spiro atoms. The largest absolute Gasteiger partial charge is 0.493 e. The molecular formula is C22H25NO3S. The van der Waals surface area contributed by atoms with Crippen molar-refractivity contribution in [1.29, 1.82) is 0 Å². The SMILES string of the molecule is CCn1c(SCC(=O)Cc2ccc(OC)c(OC)c2)ccc1C1=CC=CC1. The first kappa shape index (κ1) is 19.4. The van der Waals surface area contributed by atoms with Gasteiger partial charge in [-0.3, -0.25) is 4.79 Å². The lowest BCUT2D eigenvalue weighted by Gasteiger charge is -2.12. The van der Waals surface area contributed by atoms with E-state index in [2.05, 4.69) is 41.9 Å². The molecule has 3 rings (SSSR count). The van der Waals surface area contributed by atoms with Crippen LogP contribution in [0.4, 0.5) is 0 Å². The smallest absolute Gasteiger partial charge is 0.161 e. The minimum absolute atomic E-state index is 0.194. The lowest BCUT2D eigenvalue weighted by atomic mass is 10.1. The number of nitrogens with zero attached hydrogens (tertiary/aromatic N) is 1. The minimum atomic E-state index is 0.194. The minimum Gasteiger partial charge on any atom is -0.493 e. The third-order valence-corrected chi connectivity index (χ3v) is 5.71. The number of aromatic nitrogens is 1. The fourth-order valence-electron chi connectivity index (χ4n) is 3.24. The van der Waals surface area contributed by atoms with E-state index in [-0.39, 0.29) is 5.78 Å². The maximum atomic E-state index is 12.5. The van der Waals surface area contributed by atoms with Gasteiger partial charge >= 0.3 is 0 Å². The van der Waals surface area contributed by atoms with E-state index in [1.165, 1.54) is 11.3 Å². The summed E-state index contributed by atoms with van der Waals surface area (Å²) in [4.78, 5) is 12.5. The number of allylic oxidation sites excluding steroid dienone is 4. The van der Waals surface area contributed by atoms with Gasteiger partial charge in [-0.1, -0.05) is 24.3 Å². The molecule has 0 bridgehead atoms. The molecular weight excluding hydrogens is 358 g/mol. The standard InChI is InChI=1S/C22H25NO3S/c1-4-23-19(17-7-5-6-8-17)10-12-22(23)27-15-18(24)13-16-9-11-20(25-2)21(14-16)26-3/h5-7,9-12,14H,4,8,13,15H2,1-3H3. The van der Waals surface area contributed by atoms with Gasteiger partial charge in [-0.25, -0.2) is 0 Å². The normalized spacial score (nSPS) is 12.9. The topological polar surface area (TPSA) is 40.5 Å². The Balaban J connectivity index is 1.63. The van der Waals surface area contributed by atoms with Crippen molar-refractivity contribution in [3.8, 4) is 11.5 Å². The Hall–Kier alpha value is -2.40. The summed E-state index contributed by atoms with van der Waals surface area (Å²) in [6.45, 7) is 3.04. The molecule has 1 heterocycles. The number of hydrogen-bond donors (Lipinski definition) is 0. The van der Waals surface area contributed by atoms with Crippen molar-refractivity contribution >= 4 is 23.1 Å². The average Bonchev–Trinajstić information content (AvgIpc) is 3.35. The second-order valence-corrected chi connectivity index (χ2v) is 7.31. The summed E-state index contributed by atoms with van der Waals surface area (Å²) < 4.78 is 12.8. The van der Waals surface area contributed by atoms with Gasteiger partial charge < -0.3 is 14.0 Å². The number of Topliss-reactive ketones (excluding diaryl/α,β-unsaturated/α-hetero) is 1. The molecule has 0 saturated carbocycles. The van der Waals surface area contributed by atoms with Gasteiger partial charge in [0.15, 0.2) is 11.5 Å². The van der Waals surface area contributed by atoms with Crippen LogP contribution in [0.15, 0.2) is 53.6 Å². The summed E-state index contributed by atoms with van der Waals surface area (Å²) in [6.07, 6.45) is 7.80. The molecule has 27 heavy (non-hydrogen) atoms. The van der Waals surface area contributed by atoms with Crippen LogP contribution in [-0.2, 0) is 17.8 Å². The molecule has 0 N–H and O–H groups in total. The van der Waals surface area contributed by atoms with Crippen molar-refractivity contribution in [2.75, 3.05) is 20.0 Å². The molecule has 1 aromatic heterocycles. The Morgan fingerprint density at radius 2 is 1.96 bits per heavy atom. The van der Waals surface area contributed by atoms with Gasteiger partial charge in [-0.2, -0.15) is 0 Å². The van der Waals surface area contributed by atoms with Gasteiger partial charge in [0.2, 0.25) is 0 Å². The summed E-state index contributed by atoms with van der Waals surface area (Å²) >= 11 is 1.61. The Morgan fingerprint density at radius 3 is 2.63 bits per heavy atom. The molecule has 5 heteroatoms. The monoisotopic (exact) mass is 383 g/mol. The van der Waals surface area contributed by atoms with E-state index >= 15 is 0 Å². The molecule has 4 nitrogen and oxygen atoms in total. The van der Waals surface area contributed by atoms with Crippen LogP contribution in [0.1, 0.15) is 24.6 Å².